The van der Waals surface area contributed by atoms with Gasteiger partial charge in [0.2, 0.25) is 0 Å². The van der Waals surface area contributed by atoms with Gasteiger partial charge >= 0.3 is 0 Å². The highest BCUT2D eigenvalue weighted by molar-refractivity contribution is 5.83. The number of aliphatic hydroxyl groups excluding tert-OH is 3. The zero-order valence-electron chi connectivity index (χ0n) is 13.0. The summed E-state index contributed by atoms with van der Waals surface area (Å²) in [5.74, 6) is 0.623. The smallest absolute Gasteiger partial charge is 0.179 e. The lowest BCUT2D eigenvalue weighted by molar-refractivity contribution is -0.0517. The van der Waals surface area contributed by atoms with E-state index in [2.05, 4.69) is 21.5 Å². The van der Waals surface area contributed by atoms with E-state index in [1.807, 2.05) is 0 Å². The van der Waals surface area contributed by atoms with Gasteiger partial charge in [0.15, 0.2) is 34.8 Å². The molecular formula is C14H19N5O5. The molecule has 3 heterocycles. The summed E-state index contributed by atoms with van der Waals surface area (Å²) in [6, 6.07) is 0. The molecule has 0 saturated carbocycles. The average Bonchev–Trinajstić information content (AvgIpc) is 3.08. The Hall–Kier alpha value is -2.27. The van der Waals surface area contributed by atoms with Gasteiger partial charge in [0.25, 0.3) is 0 Å². The SMILES string of the molecule is C=C(OCC)c1nc2c(N)ncnc2n1[C@@H]1OC(CO)[C@H](O)C1O. The average molecular weight is 337 g/mol. The molecule has 1 saturated heterocycles. The summed E-state index contributed by atoms with van der Waals surface area (Å²) >= 11 is 0. The van der Waals surface area contributed by atoms with Crippen LogP contribution in [0.2, 0.25) is 0 Å². The lowest BCUT2D eigenvalue weighted by Crippen LogP contribution is -2.33. The second-order valence-corrected chi connectivity index (χ2v) is 5.32. The van der Waals surface area contributed by atoms with Crippen molar-refractivity contribution in [3.05, 3.63) is 18.7 Å². The Morgan fingerprint density at radius 1 is 1.42 bits per heavy atom. The van der Waals surface area contributed by atoms with Crippen molar-refractivity contribution in [1.29, 1.82) is 0 Å². The molecule has 1 aliphatic heterocycles. The minimum Gasteiger partial charge on any atom is -0.491 e. The summed E-state index contributed by atoms with van der Waals surface area (Å²) in [4.78, 5) is 12.4. The number of nitrogen functional groups attached to an aromatic ring is 1. The lowest BCUT2D eigenvalue weighted by Gasteiger charge is -2.19. The Labute approximate surface area is 137 Å². The van der Waals surface area contributed by atoms with Crippen molar-refractivity contribution < 1.29 is 24.8 Å². The minimum atomic E-state index is -1.30. The summed E-state index contributed by atoms with van der Waals surface area (Å²) in [6.45, 7) is 5.52. The van der Waals surface area contributed by atoms with Crippen LogP contribution in [0, 0.1) is 0 Å². The lowest BCUT2D eigenvalue weighted by atomic mass is 10.1. The first kappa shape index (κ1) is 16.6. The van der Waals surface area contributed by atoms with E-state index in [1.165, 1.54) is 10.9 Å². The molecule has 2 unspecified atom stereocenters. The molecule has 0 aliphatic carbocycles. The van der Waals surface area contributed by atoms with Crippen LogP contribution in [0.4, 0.5) is 5.82 Å². The van der Waals surface area contributed by atoms with Crippen LogP contribution in [0.3, 0.4) is 0 Å². The van der Waals surface area contributed by atoms with E-state index >= 15 is 0 Å². The molecule has 2 aromatic heterocycles. The second kappa shape index (κ2) is 6.32. The third kappa shape index (κ3) is 2.49. The summed E-state index contributed by atoms with van der Waals surface area (Å²) < 4.78 is 12.4. The molecule has 4 atom stereocenters. The van der Waals surface area contributed by atoms with Crippen LogP contribution in [-0.4, -0.2) is 66.4 Å². The van der Waals surface area contributed by atoms with Crippen molar-refractivity contribution in [3.8, 4) is 0 Å². The predicted octanol–water partition coefficient (Wildman–Crippen LogP) is -0.973. The summed E-state index contributed by atoms with van der Waals surface area (Å²) in [7, 11) is 0. The molecule has 1 fully saturated rings. The van der Waals surface area contributed by atoms with Crippen LogP contribution in [0.1, 0.15) is 19.0 Å². The standard InChI is InChI=1S/C14H19N5O5/c1-3-23-6(2)12-18-8-11(15)16-5-17-13(8)19(12)14-10(22)9(21)7(4-20)24-14/h5,7,9-10,14,20-22H,2-4H2,1H3,(H2,15,16,17)/t7?,9-,10?,14+/m0/s1. The fourth-order valence-corrected chi connectivity index (χ4v) is 2.70. The first-order valence-corrected chi connectivity index (χ1v) is 7.42. The van der Waals surface area contributed by atoms with Gasteiger partial charge in [0.1, 0.15) is 24.6 Å². The van der Waals surface area contributed by atoms with E-state index in [0.29, 0.717) is 17.8 Å². The van der Waals surface area contributed by atoms with E-state index in [-0.39, 0.29) is 17.4 Å². The molecule has 10 heteroatoms. The molecule has 2 aromatic rings. The van der Waals surface area contributed by atoms with Crippen molar-refractivity contribution in [1.82, 2.24) is 19.5 Å². The van der Waals surface area contributed by atoms with E-state index in [9.17, 15) is 15.3 Å². The van der Waals surface area contributed by atoms with Crippen molar-refractivity contribution >= 4 is 22.7 Å². The van der Waals surface area contributed by atoms with Crippen LogP contribution in [0.25, 0.3) is 16.9 Å². The largest absolute Gasteiger partial charge is 0.491 e. The normalized spacial score (nSPS) is 26.8. The van der Waals surface area contributed by atoms with Crippen molar-refractivity contribution in [2.45, 2.75) is 31.5 Å². The first-order valence-electron chi connectivity index (χ1n) is 7.42. The number of fused-ring (bicyclic) bond motifs is 1. The van der Waals surface area contributed by atoms with Crippen molar-refractivity contribution in [2.75, 3.05) is 18.9 Å². The summed E-state index contributed by atoms with van der Waals surface area (Å²) in [6.07, 6.45) is -3.28. The van der Waals surface area contributed by atoms with Crippen LogP contribution >= 0.6 is 0 Å². The van der Waals surface area contributed by atoms with Gasteiger partial charge in [-0.3, -0.25) is 4.57 Å². The van der Waals surface area contributed by atoms with Crippen molar-refractivity contribution in [2.24, 2.45) is 0 Å². The molecule has 0 radical (unpaired) electrons. The number of hydrogen-bond donors (Lipinski definition) is 4. The number of rotatable bonds is 5. The van der Waals surface area contributed by atoms with Crippen LogP contribution in [0.15, 0.2) is 12.9 Å². The quantitative estimate of drug-likeness (QED) is 0.505. The number of ether oxygens (including phenoxy) is 2. The monoisotopic (exact) mass is 337 g/mol. The highest BCUT2D eigenvalue weighted by Crippen LogP contribution is 2.35. The number of anilines is 1. The molecule has 1 aliphatic rings. The molecule has 24 heavy (non-hydrogen) atoms. The van der Waals surface area contributed by atoms with Gasteiger partial charge in [0, 0.05) is 0 Å². The molecular weight excluding hydrogens is 318 g/mol. The van der Waals surface area contributed by atoms with E-state index in [1.54, 1.807) is 6.92 Å². The van der Waals surface area contributed by atoms with Crippen LogP contribution in [-0.2, 0) is 9.47 Å². The molecule has 0 aromatic carbocycles. The topological polar surface area (TPSA) is 149 Å². The number of nitrogens with zero attached hydrogens (tertiary/aromatic N) is 4. The van der Waals surface area contributed by atoms with E-state index in [4.69, 9.17) is 15.2 Å². The number of imidazole rings is 1. The molecule has 5 N–H and O–H groups in total. The zero-order chi connectivity index (χ0) is 17.4. The summed E-state index contributed by atoms with van der Waals surface area (Å²) in [5.41, 5.74) is 6.43. The first-order chi connectivity index (χ1) is 11.5. The Kier molecular flexibility index (Phi) is 4.37. The summed E-state index contributed by atoms with van der Waals surface area (Å²) in [5, 5.41) is 29.6. The van der Waals surface area contributed by atoms with Gasteiger partial charge in [-0.15, -0.1) is 0 Å². The van der Waals surface area contributed by atoms with Gasteiger partial charge in [-0.1, -0.05) is 6.58 Å². The Balaban J connectivity index is 2.16. The van der Waals surface area contributed by atoms with E-state index in [0.717, 1.165) is 0 Å². The maximum atomic E-state index is 10.3. The van der Waals surface area contributed by atoms with Gasteiger partial charge in [-0.25, -0.2) is 15.0 Å². The molecule has 0 spiro atoms. The maximum absolute atomic E-state index is 10.3. The van der Waals surface area contributed by atoms with E-state index < -0.39 is 31.1 Å². The van der Waals surface area contributed by atoms with Gasteiger partial charge in [-0.05, 0) is 6.92 Å². The maximum Gasteiger partial charge on any atom is 0.179 e. The number of aromatic nitrogens is 4. The third-order valence-electron chi connectivity index (χ3n) is 3.84. The third-order valence-corrected chi connectivity index (χ3v) is 3.84. The fourth-order valence-electron chi connectivity index (χ4n) is 2.70. The minimum absolute atomic E-state index is 0.149. The highest BCUT2D eigenvalue weighted by atomic mass is 16.6. The Morgan fingerprint density at radius 3 is 2.79 bits per heavy atom. The molecule has 130 valence electrons. The Morgan fingerprint density at radius 2 is 2.17 bits per heavy atom. The molecule has 0 amide bonds. The number of nitrogens with two attached hydrogens (primary N) is 1. The molecule has 3 rings (SSSR count). The second-order valence-electron chi connectivity index (χ2n) is 5.32. The van der Waals surface area contributed by atoms with Gasteiger partial charge in [0.05, 0.1) is 13.2 Å². The van der Waals surface area contributed by atoms with Gasteiger partial charge in [-0.2, -0.15) is 0 Å². The number of aliphatic hydroxyl groups is 3. The van der Waals surface area contributed by atoms with Gasteiger partial charge < -0.3 is 30.5 Å². The molecule has 0 bridgehead atoms. The Bertz CT molecular complexity index is 763. The van der Waals surface area contributed by atoms with Crippen molar-refractivity contribution in [3.63, 3.8) is 0 Å². The van der Waals surface area contributed by atoms with Crippen LogP contribution < -0.4 is 5.73 Å². The highest BCUT2D eigenvalue weighted by Gasteiger charge is 2.45. The molecule has 10 nitrogen and oxygen atoms in total. The zero-order valence-corrected chi connectivity index (χ0v) is 13.0. The van der Waals surface area contributed by atoms with Crippen LogP contribution in [0.5, 0.6) is 0 Å². The number of hydrogen-bond acceptors (Lipinski definition) is 9. The fraction of sp³-hybridized carbons (Fsp3) is 0.500. The predicted molar refractivity (Wildman–Crippen MR) is 83.4 cm³/mol.